The van der Waals surface area contributed by atoms with E-state index in [-0.39, 0.29) is 24.0 Å². The van der Waals surface area contributed by atoms with Crippen molar-refractivity contribution < 1.29 is 14.3 Å². The minimum Gasteiger partial charge on any atom is -0.485 e. The number of benzene rings is 1. The largest absolute Gasteiger partial charge is 0.485 e. The third-order valence-electron chi connectivity index (χ3n) is 5.98. The van der Waals surface area contributed by atoms with E-state index in [2.05, 4.69) is 10.1 Å². The predicted molar refractivity (Wildman–Crippen MR) is 117 cm³/mol. The number of aromatic nitrogens is 3. The minimum absolute atomic E-state index is 0.0482. The van der Waals surface area contributed by atoms with Gasteiger partial charge in [0, 0.05) is 43.7 Å². The van der Waals surface area contributed by atoms with Crippen molar-refractivity contribution in [1.82, 2.24) is 19.7 Å². The number of fused-ring (bicyclic) bond motifs is 1. The normalized spacial score (nSPS) is 18.4. The highest BCUT2D eigenvalue weighted by Crippen LogP contribution is 2.31. The van der Waals surface area contributed by atoms with Crippen molar-refractivity contribution in [3.8, 4) is 22.8 Å². The van der Waals surface area contributed by atoms with E-state index in [1.165, 1.54) is 4.68 Å². The summed E-state index contributed by atoms with van der Waals surface area (Å²) in [5.74, 6) is 1.50. The summed E-state index contributed by atoms with van der Waals surface area (Å²) in [7, 11) is 0. The lowest BCUT2D eigenvalue weighted by atomic mass is 9.96. The van der Waals surface area contributed by atoms with E-state index in [1.54, 1.807) is 24.5 Å². The van der Waals surface area contributed by atoms with Gasteiger partial charge in [0.1, 0.15) is 6.61 Å². The van der Waals surface area contributed by atoms with Gasteiger partial charge in [-0.25, -0.2) is 4.68 Å². The molecule has 8 nitrogen and oxygen atoms in total. The second kappa shape index (κ2) is 8.82. The van der Waals surface area contributed by atoms with E-state index in [9.17, 15) is 9.59 Å². The van der Waals surface area contributed by atoms with Gasteiger partial charge in [-0.3, -0.25) is 14.6 Å². The van der Waals surface area contributed by atoms with E-state index in [1.807, 2.05) is 41.3 Å². The first-order valence-electron chi connectivity index (χ1n) is 10.8. The van der Waals surface area contributed by atoms with Crippen LogP contribution in [0.2, 0.25) is 0 Å². The lowest BCUT2D eigenvalue weighted by Gasteiger charge is -2.35. The van der Waals surface area contributed by atoms with Crippen LogP contribution in [0.15, 0.2) is 65.7 Å². The summed E-state index contributed by atoms with van der Waals surface area (Å²) in [6, 6.07) is 14.4. The number of likely N-dealkylation sites (tertiary alicyclic amines) is 1. The quantitative estimate of drug-likeness (QED) is 0.629. The smallest absolute Gasteiger partial charge is 0.267 e. The summed E-state index contributed by atoms with van der Waals surface area (Å²) < 4.78 is 13.1. The van der Waals surface area contributed by atoms with Gasteiger partial charge in [-0.05, 0) is 49.1 Å². The summed E-state index contributed by atoms with van der Waals surface area (Å²) in [5, 5.41) is 4.54. The third kappa shape index (κ3) is 4.21. The Kier molecular flexibility index (Phi) is 5.58. The molecule has 2 aliphatic heterocycles. The van der Waals surface area contributed by atoms with Crippen LogP contribution >= 0.6 is 0 Å². The molecule has 1 amide bonds. The molecule has 0 bridgehead atoms. The highest BCUT2D eigenvalue weighted by atomic mass is 16.6. The molecule has 1 atom stereocenters. The maximum atomic E-state index is 12.9. The molecular weight excluding hydrogens is 408 g/mol. The fraction of sp³-hybridized carbons (Fsp3) is 0.333. The highest BCUT2D eigenvalue weighted by molar-refractivity contribution is 5.82. The average Bonchev–Trinajstić information content (AvgIpc) is 2.85. The number of carbonyl (C=O) groups excluding carboxylic acids is 1. The van der Waals surface area contributed by atoms with Crippen molar-refractivity contribution in [2.45, 2.75) is 25.5 Å². The standard InChI is InChI=1S/C24H24N4O4/c29-23-6-5-19(18-7-11-25-12-8-18)26-28(23)15-17-9-13-27(14-10-17)24(30)22-16-31-20-3-1-2-4-21(20)32-22/h1-8,11-12,17,22H,9-10,13-16H2. The van der Waals surface area contributed by atoms with E-state index in [0.29, 0.717) is 31.1 Å². The number of hydrogen-bond acceptors (Lipinski definition) is 6. The molecule has 32 heavy (non-hydrogen) atoms. The van der Waals surface area contributed by atoms with Gasteiger partial charge >= 0.3 is 0 Å². The van der Waals surface area contributed by atoms with Crippen molar-refractivity contribution in [2.75, 3.05) is 19.7 Å². The summed E-state index contributed by atoms with van der Waals surface area (Å²) >= 11 is 0. The molecule has 1 aromatic carbocycles. The molecule has 3 aromatic rings. The summed E-state index contributed by atoms with van der Waals surface area (Å²) in [6.07, 6.45) is 4.41. The van der Waals surface area contributed by atoms with Crippen molar-refractivity contribution in [2.24, 2.45) is 5.92 Å². The Labute approximate surface area is 185 Å². The minimum atomic E-state index is -0.622. The Morgan fingerprint density at radius 3 is 2.53 bits per heavy atom. The van der Waals surface area contributed by atoms with Crippen LogP contribution in [0.4, 0.5) is 0 Å². The topological polar surface area (TPSA) is 86.6 Å². The molecule has 0 spiro atoms. The highest BCUT2D eigenvalue weighted by Gasteiger charge is 2.33. The molecule has 8 heteroatoms. The Morgan fingerprint density at radius 1 is 1.00 bits per heavy atom. The number of piperidine rings is 1. The predicted octanol–water partition coefficient (Wildman–Crippen LogP) is 2.38. The molecule has 0 N–H and O–H groups in total. The van der Waals surface area contributed by atoms with Gasteiger partial charge in [-0.15, -0.1) is 0 Å². The number of amides is 1. The van der Waals surface area contributed by atoms with Crippen LogP contribution < -0.4 is 15.0 Å². The zero-order valence-electron chi connectivity index (χ0n) is 17.6. The fourth-order valence-electron chi connectivity index (χ4n) is 4.18. The van der Waals surface area contributed by atoms with E-state index in [0.717, 1.165) is 24.1 Å². The van der Waals surface area contributed by atoms with Crippen LogP contribution in [-0.4, -0.2) is 51.4 Å². The number of hydrogen-bond donors (Lipinski definition) is 0. The van der Waals surface area contributed by atoms with E-state index < -0.39 is 6.10 Å². The molecule has 2 aromatic heterocycles. The number of rotatable bonds is 4. The third-order valence-corrected chi connectivity index (χ3v) is 5.98. The van der Waals surface area contributed by atoms with E-state index >= 15 is 0 Å². The molecule has 2 aliphatic rings. The first-order valence-corrected chi connectivity index (χ1v) is 10.8. The molecule has 1 unspecified atom stereocenters. The number of carbonyl (C=O) groups is 1. The van der Waals surface area contributed by atoms with Crippen LogP contribution in [0.25, 0.3) is 11.3 Å². The second-order valence-corrected chi connectivity index (χ2v) is 8.11. The van der Waals surface area contributed by atoms with E-state index in [4.69, 9.17) is 9.47 Å². The molecule has 164 valence electrons. The zero-order valence-corrected chi connectivity index (χ0v) is 17.6. The SMILES string of the molecule is O=C(C1COc2ccccc2O1)N1CCC(Cn2nc(-c3ccncc3)ccc2=O)CC1. The lowest BCUT2D eigenvalue weighted by Crippen LogP contribution is -2.49. The number of para-hydroxylation sites is 2. The molecular formula is C24H24N4O4. The van der Waals surface area contributed by atoms with Gasteiger partial charge in [0.05, 0.1) is 5.69 Å². The van der Waals surface area contributed by atoms with Crippen LogP contribution in [0.3, 0.4) is 0 Å². The Hall–Kier alpha value is -3.68. The number of ether oxygens (including phenoxy) is 2. The van der Waals surface area contributed by atoms with Gasteiger partial charge in [0.2, 0.25) is 6.10 Å². The van der Waals surface area contributed by atoms with Crippen LogP contribution in [-0.2, 0) is 11.3 Å². The van der Waals surface area contributed by atoms with Crippen molar-refractivity contribution >= 4 is 5.91 Å². The Morgan fingerprint density at radius 2 is 1.75 bits per heavy atom. The summed E-state index contributed by atoms with van der Waals surface area (Å²) in [4.78, 5) is 31.1. The lowest BCUT2D eigenvalue weighted by molar-refractivity contribution is -0.142. The van der Waals surface area contributed by atoms with Crippen LogP contribution in [0, 0.1) is 5.92 Å². The van der Waals surface area contributed by atoms with Gasteiger partial charge in [0.25, 0.3) is 11.5 Å². The first-order chi connectivity index (χ1) is 15.7. The molecule has 0 saturated carbocycles. The number of pyridine rings is 1. The molecule has 4 heterocycles. The fourth-order valence-corrected chi connectivity index (χ4v) is 4.18. The molecule has 1 fully saturated rings. The average molecular weight is 432 g/mol. The van der Waals surface area contributed by atoms with Gasteiger partial charge in [0.15, 0.2) is 11.5 Å². The Bertz CT molecular complexity index is 1160. The molecule has 0 radical (unpaired) electrons. The maximum Gasteiger partial charge on any atom is 0.267 e. The summed E-state index contributed by atoms with van der Waals surface area (Å²) in [6.45, 7) is 2.01. The summed E-state index contributed by atoms with van der Waals surface area (Å²) in [5.41, 5.74) is 1.55. The van der Waals surface area contributed by atoms with Crippen molar-refractivity contribution in [3.63, 3.8) is 0 Å². The zero-order chi connectivity index (χ0) is 21.9. The van der Waals surface area contributed by atoms with Crippen molar-refractivity contribution in [3.05, 3.63) is 71.3 Å². The first kappa shape index (κ1) is 20.2. The van der Waals surface area contributed by atoms with Crippen LogP contribution in [0.5, 0.6) is 11.5 Å². The van der Waals surface area contributed by atoms with Crippen LogP contribution in [0.1, 0.15) is 12.8 Å². The molecule has 1 saturated heterocycles. The van der Waals surface area contributed by atoms with Gasteiger partial charge < -0.3 is 14.4 Å². The maximum absolute atomic E-state index is 12.9. The van der Waals surface area contributed by atoms with Gasteiger partial charge in [-0.2, -0.15) is 5.10 Å². The van der Waals surface area contributed by atoms with Crippen molar-refractivity contribution in [1.29, 1.82) is 0 Å². The molecule has 0 aliphatic carbocycles. The number of nitrogens with zero attached hydrogens (tertiary/aromatic N) is 4. The second-order valence-electron chi connectivity index (χ2n) is 8.11. The molecule has 5 rings (SSSR count). The van der Waals surface area contributed by atoms with Gasteiger partial charge in [-0.1, -0.05) is 12.1 Å². The Balaban J connectivity index is 1.20. The monoisotopic (exact) mass is 432 g/mol.